The monoisotopic (exact) mass is 702 g/mol. The lowest BCUT2D eigenvalue weighted by atomic mass is 9.88. The highest BCUT2D eigenvalue weighted by Gasteiger charge is 2.45. The predicted octanol–water partition coefficient (Wildman–Crippen LogP) is 5.76. The summed E-state index contributed by atoms with van der Waals surface area (Å²) in [5.74, 6) is -2.45. The molecular weight excluding hydrogens is 676 g/mol. The number of alkyl halides is 3. The highest BCUT2D eigenvalue weighted by molar-refractivity contribution is 7.99. The number of rotatable bonds is 3. The first-order valence-electron chi connectivity index (χ1n) is 14.9. The summed E-state index contributed by atoms with van der Waals surface area (Å²) in [4.78, 5) is 34.1. The number of hydrogen-bond donors (Lipinski definition) is 1. The minimum absolute atomic E-state index is 0.00224. The van der Waals surface area contributed by atoms with Crippen molar-refractivity contribution in [2.45, 2.75) is 43.5 Å². The number of fused-ring (bicyclic) bond motifs is 1. The summed E-state index contributed by atoms with van der Waals surface area (Å²) >= 11 is 1.67. The van der Waals surface area contributed by atoms with Crippen molar-refractivity contribution in [1.29, 1.82) is 5.26 Å². The number of anilines is 2. The molecule has 1 spiro atoms. The van der Waals surface area contributed by atoms with Crippen molar-refractivity contribution in [3.05, 3.63) is 58.0 Å². The van der Waals surface area contributed by atoms with Gasteiger partial charge < -0.3 is 20.3 Å². The number of piperazine rings is 1. The van der Waals surface area contributed by atoms with Crippen molar-refractivity contribution in [2.75, 3.05) is 42.7 Å². The van der Waals surface area contributed by atoms with Gasteiger partial charge in [-0.05, 0) is 26.0 Å². The number of amides is 1. The van der Waals surface area contributed by atoms with E-state index in [9.17, 15) is 14.9 Å². The van der Waals surface area contributed by atoms with Crippen LogP contribution in [0.2, 0.25) is 0 Å². The number of ether oxygens (including phenoxy) is 1. The van der Waals surface area contributed by atoms with Crippen LogP contribution >= 0.6 is 23.1 Å². The Bertz CT molecular complexity index is 2160. The van der Waals surface area contributed by atoms with E-state index in [2.05, 4.69) is 11.6 Å². The second kappa shape index (κ2) is 11.2. The Hall–Kier alpha value is -4.20. The van der Waals surface area contributed by atoms with Gasteiger partial charge in [0, 0.05) is 75.7 Å². The number of nitrogens with zero attached hydrogens (tertiary/aromatic N) is 5. The average Bonchev–Trinajstić information content (AvgIpc) is 3.21. The number of carbonyl (C=O) groups is 1. The molecule has 16 heteroatoms. The van der Waals surface area contributed by atoms with Crippen LogP contribution in [-0.4, -0.2) is 64.5 Å². The van der Waals surface area contributed by atoms with Crippen molar-refractivity contribution >= 4 is 60.8 Å². The van der Waals surface area contributed by atoms with Crippen molar-refractivity contribution in [3.63, 3.8) is 0 Å². The van der Waals surface area contributed by atoms with Crippen molar-refractivity contribution in [3.8, 4) is 17.2 Å². The SMILES string of the molecule is C=CC(=O)N1[C@H](C)CN(c2nc(=O)n3c4c(c(-c5c(F)cc(F)c6sc(N)c(C#N)c56)c(C(F)(F)F)cc24)SCC2(COC2)C3)C[C@@H]1C. The summed E-state index contributed by atoms with van der Waals surface area (Å²) in [5.41, 5.74) is 1.97. The number of hydrogen-bond acceptors (Lipinski definition) is 9. The molecule has 2 saturated heterocycles. The van der Waals surface area contributed by atoms with E-state index in [4.69, 9.17) is 10.5 Å². The van der Waals surface area contributed by atoms with E-state index < -0.39 is 57.7 Å². The van der Waals surface area contributed by atoms with Crippen LogP contribution in [0.15, 0.2) is 34.5 Å². The third-order valence-corrected chi connectivity index (χ3v) is 11.7. The molecule has 2 fully saturated rings. The van der Waals surface area contributed by atoms with Gasteiger partial charge in [0.25, 0.3) is 0 Å². The largest absolute Gasteiger partial charge is 0.417 e. The van der Waals surface area contributed by atoms with E-state index in [-0.39, 0.29) is 86.8 Å². The zero-order valence-electron chi connectivity index (χ0n) is 25.6. The van der Waals surface area contributed by atoms with Gasteiger partial charge in [-0.1, -0.05) is 6.58 Å². The standard InChI is InChI=1S/C32H27F5N6O3S2/c1-4-21(44)43-14(2)8-41(9-15(43)3)29-16-5-18(32(35,36)37)23(24-19(33)6-20(34)26-22(24)17(7-38)28(39)48-26)27-25(16)42(30(45)40-29)10-31(13-47-27)11-46-12-31/h4-6,14-15H,1,8-13,39H2,2-3H3/t14-,15+. The van der Waals surface area contributed by atoms with Gasteiger partial charge in [-0.25, -0.2) is 13.6 Å². The molecule has 2 N–H and O–H groups in total. The molecule has 3 aliphatic rings. The molecule has 48 heavy (non-hydrogen) atoms. The van der Waals surface area contributed by atoms with Crippen LogP contribution in [0, 0.1) is 28.4 Å². The molecule has 9 nitrogen and oxygen atoms in total. The highest BCUT2D eigenvalue weighted by atomic mass is 32.2. The zero-order chi connectivity index (χ0) is 34.4. The summed E-state index contributed by atoms with van der Waals surface area (Å²) in [5, 5.41) is 9.40. The number of nitrogen functional groups attached to an aromatic ring is 1. The molecule has 0 aliphatic carbocycles. The van der Waals surface area contributed by atoms with E-state index in [1.807, 2.05) is 6.07 Å². The van der Waals surface area contributed by atoms with Crippen LogP contribution in [0.25, 0.3) is 32.1 Å². The summed E-state index contributed by atoms with van der Waals surface area (Å²) in [6.45, 7) is 8.02. The first-order chi connectivity index (χ1) is 22.7. The molecule has 2 aromatic heterocycles. The van der Waals surface area contributed by atoms with Crippen LogP contribution < -0.4 is 16.3 Å². The van der Waals surface area contributed by atoms with Crippen LogP contribution in [0.3, 0.4) is 0 Å². The quantitative estimate of drug-likeness (QED) is 0.212. The Morgan fingerprint density at radius 3 is 2.46 bits per heavy atom. The van der Waals surface area contributed by atoms with E-state index in [0.29, 0.717) is 17.4 Å². The maximum absolute atomic E-state index is 16.1. The van der Waals surface area contributed by atoms with Crippen LogP contribution in [0.1, 0.15) is 25.0 Å². The number of nitriles is 1. The van der Waals surface area contributed by atoms with Crippen molar-refractivity contribution in [2.24, 2.45) is 5.41 Å². The number of nitrogens with two attached hydrogens (primary N) is 1. The van der Waals surface area contributed by atoms with Gasteiger partial charge in [-0.15, -0.1) is 23.1 Å². The van der Waals surface area contributed by atoms with Gasteiger partial charge >= 0.3 is 11.9 Å². The van der Waals surface area contributed by atoms with E-state index in [1.54, 1.807) is 23.6 Å². The molecule has 0 unspecified atom stereocenters. The second-order valence-electron chi connectivity index (χ2n) is 12.5. The van der Waals surface area contributed by atoms with Gasteiger partial charge in [0.1, 0.15) is 28.5 Å². The molecule has 2 aromatic carbocycles. The summed E-state index contributed by atoms with van der Waals surface area (Å²) < 4.78 is 83.6. The summed E-state index contributed by atoms with van der Waals surface area (Å²) in [6, 6.07) is 2.35. The molecule has 0 bridgehead atoms. The molecule has 4 aromatic rings. The van der Waals surface area contributed by atoms with Crippen LogP contribution in [-0.2, 0) is 22.3 Å². The number of thioether (sulfide) groups is 1. The molecule has 1 amide bonds. The predicted molar refractivity (Wildman–Crippen MR) is 173 cm³/mol. The Morgan fingerprint density at radius 1 is 1.19 bits per heavy atom. The van der Waals surface area contributed by atoms with Crippen LogP contribution in [0.4, 0.5) is 32.8 Å². The van der Waals surface area contributed by atoms with E-state index in [0.717, 1.165) is 17.8 Å². The Kier molecular flexibility index (Phi) is 7.53. The topological polar surface area (TPSA) is 117 Å². The highest BCUT2D eigenvalue weighted by Crippen LogP contribution is 2.54. The third kappa shape index (κ3) is 4.77. The maximum atomic E-state index is 16.1. The molecule has 0 radical (unpaired) electrons. The lowest BCUT2D eigenvalue weighted by molar-refractivity contribution is -0.137. The molecule has 7 rings (SSSR count). The zero-order valence-corrected chi connectivity index (χ0v) is 27.2. The smallest absolute Gasteiger partial charge is 0.389 e. The number of carbonyl (C=O) groups excluding carboxylic acids is 1. The van der Waals surface area contributed by atoms with Gasteiger partial charge in [-0.2, -0.15) is 23.4 Å². The second-order valence-corrected chi connectivity index (χ2v) is 14.6. The van der Waals surface area contributed by atoms with Gasteiger partial charge in [0.2, 0.25) is 5.91 Å². The minimum Gasteiger partial charge on any atom is -0.389 e. The number of thiophene rings is 1. The third-order valence-electron chi connectivity index (χ3n) is 9.24. The molecule has 0 saturated carbocycles. The Balaban J connectivity index is 1.59. The lowest BCUT2D eigenvalue weighted by Gasteiger charge is -2.44. The average molecular weight is 703 g/mol. The minimum atomic E-state index is -5.07. The summed E-state index contributed by atoms with van der Waals surface area (Å²) in [7, 11) is 0. The van der Waals surface area contributed by atoms with Gasteiger partial charge in [-0.3, -0.25) is 9.36 Å². The molecule has 250 valence electrons. The Labute approximate surface area is 278 Å². The fraction of sp³-hybridized carbons (Fsp3) is 0.375. The number of benzene rings is 2. The van der Waals surface area contributed by atoms with Crippen molar-refractivity contribution < 1.29 is 31.5 Å². The lowest BCUT2D eigenvalue weighted by Crippen LogP contribution is -2.58. The first-order valence-corrected chi connectivity index (χ1v) is 16.7. The maximum Gasteiger partial charge on any atom is 0.417 e. The van der Waals surface area contributed by atoms with Crippen molar-refractivity contribution in [1.82, 2.24) is 14.5 Å². The first kappa shape index (κ1) is 32.4. The normalized spacial score (nSPS) is 20.5. The van der Waals surface area contributed by atoms with E-state index >= 15 is 22.0 Å². The van der Waals surface area contributed by atoms with Crippen LogP contribution in [0.5, 0.6) is 0 Å². The summed E-state index contributed by atoms with van der Waals surface area (Å²) in [6.07, 6.45) is -3.88. The molecule has 2 atom stereocenters. The Morgan fingerprint density at radius 2 is 1.88 bits per heavy atom. The fourth-order valence-corrected chi connectivity index (χ4v) is 9.53. The molecular formula is C32H27F5N6O3S2. The van der Waals surface area contributed by atoms with Gasteiger partial charge in [0.15, 0.2) is 0 Å². The van der Waals surface area contributed by atoms with Gasteiger partial charge in [0.05, 0.1) is 34.6 Å². The van der Waals surface area contributed by atoms with E-state index in [1.165, 1.54) is 10.6 Å². The molecule has 3 aliphatic heterocycles. The molecule has 5 heterocycles. The number of aromatic nitrogens is 2. The fourth-order valence-electron chi connectivity index (χ4n) is 7.18. The number of halogens is 5.